The Morgan fingerprint density at radius 3 is 2.57 bits per heavy atom. The molecule has 3 N–H and O–H groups in total. The van der Waals surface area contributed by atoms with Gasteiger partial charge < -0.3 is 25.4 Å². The first-order valence-corrected chi connectivity index (χ1v) is 16.2. The fourth-order valence-corrected chi connectivity index (χ4v) is 7.90. The third-order valence-electron chi connectivity index (χ3n) is 9.16. The topological polar surface area (TPSA) is 152 Å². The summed E-state index contributed by atoms with van der Waals surface area (Å²) in [4.78, 5) is 25.5. The molecule has 1 saturated carbocycles. The molecule has 3 atom stereocenters. The molecule has 7 rings (SSSR count). The fraction of sp³-hybridized carbons (Fsp3) is 0.400. The number of nitrogens with zero attached hydrogens (tertiary/aromatic N) is 5. The molecule has 2 aliphatic heterocycles. The number of aromatic nitrogens is 4. The predicted octanol–water partition coefficient (Wildman–Crippen LogP) is 4.35. The number of rotatable bonds is 6. The Balaban J connectivity index is 1.36. The zero-order valence-electron chi connectivity index (χ0n) is 24.5. The molecule has 5 heterocycles. The molecule has 1 aromatic carbocycles. The molecule has 242 valence electrons. The van der Waals surface area contributed by atoms with Crippen molar-refractivity contribution >= 4 is 33.1 Å². The second-order valence-corrected chi connectivity index (χ2v) is 13.8. The first-order chi connectivity index (χ1) is 21.9. The first kappa shape index (κ1) is 30.4. The summed E-state index contributed by atoms with van der Waals surface area (Å²) in [6, 6.07) is 10.3. The van der Waals surface area contributed by atoms with Crippen molar-refractivity contribution in [2.45, 2.75) is 49.0 Å². The number of halogens is 3. The average molecular weight is 658 g/mol. The van der Waals surface area contributed by atoms with Crippen molar-refractivity contribution in [3.05, 3.63) is 66.1 Å². The fourth-order valence-electron chi connectivity index (χ4n) is 6.56. The number of hydrogen-bond acceptors (Lipinski definition) is 9. The van der Waals surface area contributed by atoms with E-state index in [4.69, 9.17) is 4.74 Å². The molecule has 1 unspecified atom stereocenters. The first-order valence-electron chi connectivity index (χ1n) is 14.7. The maximum Gasteiger partial charge on any atom is 0.419 e. The number of ether oxygens (including phenoxy) is 1. The Kier molecular flexibility index (Phi) is 7.21. The second kappa shape index (κ2) is 10.9. The van der Waals surface area contributed by atoms with Crippen LogP contribution >= 0.6 is 0 Å². The second-order valence-electron chi connectivity index (χ2n) is 12.0. The van der Waals surface area contributed by atoms with Gasteiger partial charge in [0.2, 0.25) is 5.95 Å². The van der Waals surface area contributed by atoms with Gasteiger partial charge in [-0.1, -0.05) is 18.2 Å². The molecule has 1 spiro atoms. The summed E-state index contributed by atoms with van der Waals surface area (Å²) < 4.78 is 78.0. The van der Waals surface area contributed by atoms with Crippen LogP contribution in [-0.4, -0.2) is 81.8 Å². The van der Waals surface area contributed by atoms with E-state index >= 15 is 0 Å². The van der Waals surface area contributed by atoms with E-state index in [1.54, 1.807) is 30.3 Å². The largest absolute Gasteiger partial charge is 0.465 e. The third kappa shape index (κ3) is 5.04. The number of hydrogen-bond donors (Lipinski definition) is 3. The van der Waals surface area contributed by atoms with Crippen molar-refractivity contribution in [2.75, 3.05) is 31.6 Å². The van der Waals surface area contributed by atoms with Gasteiger partial charge in [0.1, 0.15) is 11.7 Å². The van der Waals surface area contributed by atoms with Crippen molar-refractivity contribution < 1.29 is 36.2 Å². The number of likely N-dealkylation sites (tertiary alicyclic amines) is 1. The number of carboxylic acid groups (broad SMARTS) is 1. The van der Waals surface area contributed by atoms with Crippen LogP contribution in [-0.2, 0) is 20.9 Å². The number of morpholine rings is 1. The SMILES string of the molecule is CC1NCCO[C@@H]1c1ccc2c(-c3nc(N[C@@H]4CCC45CN(C(=O)O)C5)ncc3C(F)(F)F)cn(S(=O)(=O)c3ccccc3)c2n1. The lowest BCUT2D eigenvalue weighted by Gasteiger charge is -2.59. The lowest BCUT2D eigenvalue weighted by Crippen LogP contribution is -2.69. The van der Waals surface area contributed by atoms with Crippen LogP contribution in [0, 0.1) is 5.41 Å². The Hall–Kier alpha value is -4.28. The van der Waals surface area contributed by atoms with Crippen molar-refractivity contribution in [3.8, 4) is 11.3 Å². The minimum atomic E-state index is -4.86. The van der Waals surface area contributed by atoms with Crippen molar-refractivity contribution in [1.82, 2.24) is 29.1 Å². The molecule has 16 heteroatoms. The smallest absolute Gasteiger partial charge is 0.419 e. The molecule has 1 amide bonds. The molecule has 0 radical (unpaired) electrons. The highest BCUT2D eigenvalue weighted by molar-refractivity contribution is 7.90. The van der Waals surface area contributed by atoms with Gasteiger partial charge >= 0.3 is 12.3 Å². The van der Waals surface area contributed by atoms with Crippen LogP contribution < -0.4 is 10.6 Å². The monoisotopic (exact) mass is 657 g/mol. The van der Waals surface area contributed by atoms with E-state index in [2.05, 4.69) is 25.6 Å². The molecule has 12 nitrogen and oxygen atoms in total. The van der Waals surface area contributed by atoms with E-state index in [0.29, 0.717) is 44.6 Å². The molecule has 3 aliphatic rings. The van der Waals surface area contributed by atoms with E-state index in [1.165, 1.54) is 17.0 Å². The molecule has 4 aromatic rings. The molecule has 0 bridgehead atoms. The molecule has 46 heavy (non-hydrogen) atoms. The van der Waals surface area contributed by atoms with Gasteiger partial charge in [-0.05, 0) is 44.0 Å². The van der Waals surface area contributed by atoms with E-state index in [-0.39, 0.29) is 44.9 Å². The van der Waals surface area contributed by atoms with Gasteiger partial charge in [-0.3, -0.25) is 0 Å². The number of fused-ring (bicyclic) bond motifs is 1. The van der Waals surface area contributed by atoms with Crippen LogP contribution in [0.25, 0.3) is 22.3 Å². The van der Waals surface area contributed by atoms with Crippen LogP contribution in [0.4, 0.5) is 23.9 Å². The number of amides is 1. The number of pyridine rings is 1. The Bertz CT molecular complexity index is 1930. The van der Waals surface area contributed by atoms with E-state index in [9.17, 15) is 31.5 Å². The Labute approximate surface area is 261 Å². The molecule has 2 saturated heterocycles. The highest BCUT2D eigenvalue weighted by atomic mass is 32.2. The summed E-state index contributed by atoms with van der Waals surface area (Å²) in [5.74, 6) is -0.0762. The Morgan fingerprint density at radius 2 is 1.91 bits per heavy atom. The van der Waals surface area contributed by atoms with Crippen LogP contribution in [0.1, 0.15) is 37.1 Å². The maximum atomic E-state index is 14.4. The van der Waals surface area contributed by atoms with Crippen molar-refractivity contribution in [1.29, 1.82) is 0 Å². The number of anilines is 1. The zero-order chi connectivity index (χ0) is 32.4. The molecular formula is C30H30F3N7O5S. The Morgan fingerprint density at radius 1 is 1.15 bits per heavy atom. The average Bonchev–Trinajstić information content (AvgIpc) is 3.38. The third-order valence-corrected chi connectivity index (χ3v) is 10.8. The minimum Gasteiger partial charge on any atom is -0.465 e. The van der Waals surface area contributed by atoms with Crippen LogP contribution in [0.2, 0.25) is 0 Å². The molecule has 3 aromatic heterocycles. The number of alkyl halides is 3. The quantitative estimate of drug-likeness (QED) is 0.273. The van der Waals surface area contributed by atoms with Gasteiger partial charge in [-0.15, -0.1) is 0 Å². The lowest BCUT2D eigenvalue weighted by molar-refractivity contribution is -0.137. The highest BCUT2D eigenvalue weighted by Gasteiger charge is 2.56. The van der Waals surface area contributed by atoms with Gasteiger partial charge in [0.15, 0.2) is 5.65 Å². The van der Waals surface area contributed by atoms with Crippen molar-refractivity contribution in [2.24, 2.45) is 5.41 Å². The van der Waals surface area contributed by atoms with E-state index < -0.39 is 39.7 Å². The summed E-state index contributed by atoms with van der Waals surface area (Å²) in [6.07, 6.45) is -3.16. The minimum absolute atomic E-state index is 0.0677. The normalized spacial score (nSPS) is 22.8. The van der Waals surface area contributed by atoms with E-state index in [0.717, 1.165) is 16.6 Å². The highest BCUT2D eigenvalue weighted by Crippen LogP contribution is 2.49. The molecular weight excluding hydrogens is 627 g/mol. The summed E-state index contributed by atoms with van der Waals surface area (Å²) in [7, 11) is -4.30. The van der Waals surface area contributed by atoms with Crippen LogP contribution in [0.15, 0.2) is 59.8 Å². The van der Waals surface area contributed by atoms with Crippen LogP contribution in [0.5, 0.6) is 0 Å². The van der Waals surface area contributed by atoms with Gasteiger partial charge in [0.25, 0.3) is 10.0 Å². The number of carbonyl (C=O) groups is 1. The summed E-state index contributed by atoms with van der Waals surface area (Å²) in [5.41, 5.74) is -1.72. The standard InChI is InChI=1S/C30H30F3N7O5S/c1-17-25(45-12-11-34-17)22-8-7-19-20(14-40(26(19)36-22)46(43,44)18-5-3-2-4-6-18)24-21(30(31,32)33)13-35-27(38-24)37-23-9-10-29(23)15-39(16-29)28(41)42/h2-8,13-14,17,23,25,34H,9-12,15-16H2,1H3,(H,41,42)(H,35,37,38)/t17?,23-,25+/m1/s1. The summed E-state index contributed by atoms with van der Waals surface area (Å²) in [5, 5.41) is 15.8. The lowest BCUT2D eigenvalue weighted by atomic mass is 9.59. The summed E-state index contributed by atoms with van der Waals surface area (Å²) in [6.45, 7) is 3.57. The van der Waals surface area contributed by atoms with Gasteiger partial charge in [-0.25, -0.2) is 32.1 Å². The van der Waals surface area contributed by atoms with Crippen LogP contribution in [0.3, 0.4) is 0 Å². The summed E-state index contributed by atoms with van der Waals surface area (Å²) >= 11 is 0. The van der Waals surface area contributed by atoms with E-state index in [1.807, 2.05) is 6.92 Å². The van der Waals surface area contributed by atoms with Crippen molar-refractivity contribution in [3.63, 3.8) is 0 Å². The zero-order valence-corrected chi connectivity index (χ0v) is 25.3. The molecule has 3 fully saturated rings. The maximum absolute atomic E-state index is 14.4. The van der Waals surface area contributed by atoms with Gasteiger partial charge in [0, 0.05) is 60.5 Å². The number of benzene rings is 1. The predicted molar refractivity (Wildman–Crippen MR) is 160 cm³/mol. The number of nitrogens with one attached hydrogen (secondary N) is 2. The van der Waals surface area contributed by atoms with Gasteiger partial charge in [0.05, 0.1) is 22.9 Å². The van der Waals surface area contributed by atoms with Gasteiger partial charge in [-0.2, -0.15) is 13.2 Å². The molecule has 1 aliphatic carbocycles.